The molecule has 1 fully saturated rings. The SMILES string of the molecule is OC[C@@H]1C[C@H](O)CN1Cc1sc2ccccc2c1Br. The quantitative estimate of drug-likeness (QED) is 0.901. The maximum absolute atomic E-state index is 9.73. The number of aliphatic hydroxyl groups excluding tert-OH is 2. The van der Waals surface area contributed by atoms with E-state index in [1.54, 1.807) is 11.3 Å². The van der Waals surface area contributed by atoms with Gasteiger partial charge in [-0.15, -0.1) is 11.3 Å². The number of hydrogen-bond acceptors (Lipinski definition) is 4. The number of β-amino-alcohol motifs (C(OH)–C–C–N with tert-alkyl or cyclic N) is 1. The van der Waals surface area contributed by atoms with Gasteiger partial charge in [0.2, 0.25) is 0 Å². The molecule has 1 aromatic heterocycles. The monoisotopic (exact) mass is 341 g/mol. The van der Waals surface area contributed by atoms with Crippen molar-refractivity contribution in [2.24, 2.45) is 0 Å². The van der Waals surface area contributed by atoms with Crippen LogP contribution in [0.4, 0.5) is 0 Å². The Morgan fingerprint density at radius 1 is 1.37 bits per heavy atom. The average Bonchev–Trinajstić information content (AvgIpc) is 2.92. The number of rotatable bonds is 3. The highest BCUT2D eigenvalue weighted by Gasteiger charge is 2.31. The van der Waals surface area contributed by atoms with Gasteiger partial charge in [-0.3, -0.25) is 4.90 Å². The minimum atomic E-state index is -0.315. The third-order valence-corrected chi connectivity index (χ3v) is 5.99. The Kier molecular flexibility index (Phi) is 3.91. The van der Waals surface area contributed by atoms with Crippen LogP contribution in [-0.2, 0) is 6.54 Å². The molecule has 2 N–H and O–H groups in total. The fraction of sp³-hybridized carbons (Fsp3) is 0.429. The van der Waals surface area contributed by atoms with Gasteiger partial charge in [-0.1, -0.05) is 18.2 Å². The van der Waals surface area contributed by atoms with E-state index < -0.39 is 0 Å². The Labute approximate surface area is 124 Å². The fourth-order valence-corrected chi connectivity index (χ4v) is 4.66. The molecule has 0 unspecified atom stereocenters. The maximum atomic E-state index is 9.73. The van der Waals surface area contributed by atoms with Gasteiger partial charge in [-0.05, 0) is 28.4 Å². The second-order valence-electron chi connectivity index (χ2n) is 4.99. The minimum absolute atomic E-state index is 0.0760. The van der Waals surface area contributed by atoms with Crippen LogP contribution in [0.25, 0.3) is 10.1 Å². The molecular formula is C14H16BrNO2S. The molecule has 1 aliphatic heterocycles. The first-order valence-electron chi connectivity index (χ1n) is 6.38. The molecule has 2 atom stereocenters. The topological polar surface area (TPSA) is 43.7 Å². The van der Waals surface area contributed by atoms with Crippen molar-refractivity contribution in [3.63, 3.8) is 0 Å². The summed E-state index contributed by atoms with van der Waals surface area (Å²) in [5.74, 6) is 0. The van der Waals surface area contributed by atoms with Crippen LogP contribution in [0.2, 0.25) is 0 Å². The summed E-state index contributed by atoms with van der Waals surface area (Å²) < 4.78 is 2.41. The highest BCUT2D eigenvalue weighted by atomic mass is 79.9. The van der Waals surface area contributed by atoms with E-state index in [1.807, 2.05) is 12.1 Å². The zero-order valence-corrected chi connectivity index (χ0v) is 12.8. The van der Waals surface area contributed by atoms with Crippen molar-refractivity contribution in [1.82, 2.24) is 4.90 Å². The Balaban J connectivity index is 1.87. The molecule has 1 aliphatic rings. The first-order valence-corrected chi connectivity index (χ1v) is 7.99. The minimum Gasteiger partial charge on any atom is -0.395 e. The van der Waals surface area contributed by atoms with Crippen molar-refractivity contribution >= 4 is 37.4 Å². The molecule has 0 bridgehead atoms. The van der Waals surface area contributed by atoms with E-state index in [0.29, 0.717) is 13.0 Å². The lowest BCUT2D eigenvalue weighted by atomic mass is 10.2. The molecule has 3 rings (SSSR count). The van der Waals surface area contributed by atoms with Crippen molar-refractivity contribution in [2.45, 2.75) is 25.1 Å². The number of aliphatic hydroxyl groups is 2. The Hall–Kier alpha value is -0.460. The standard InChI is InChI=1S/C14H16BrNO2S/c15-14-11-3-1-2-4-12(11)19-13(14)7-16-6-10(18)5-9(16)8-17/h1-4,9-10,17-18H,5-8H2/t9-,10-/m0/s1. The van der Waals surface area contributed by atoms with Gasteiger partial charge < -0.3 is 10.2 Å². The largest absolute Gasteiger partial charge is 0.395 e. The second-order valence-corrected chi connectivity index (χ2v) is 6.92. The van der Waals surface area contributed by atoms with Gasteiger partial charge in [0.25, 0.3) is 0 Å². The predicted molar refractivity (Wildman–Crippen MR) is 81.4 cm³/mol. The second kappa shape index (κ2) is 5.50. The van der Waals surface area contributed by atoms with Gasteiger partial charge in [0, 0.05) is 38.6 Å². The predicted octanol–water partition coefficient (Wildman–Crippen LogP) is 2.59. The number of thiophene rings is 1. The highest BCUT2D eigenvalue weighted by molar-refractivity contribution is 9.10. The molecule has 3 nitrogen and oxygen atoms in total. The van der Waals surface area contributed by atoms with Gasteiger partial charge >= 0.3 is 0 Å². The number of benzene rings is 1. The first-order chi connectivity index (χ1) is 9.19. The molecule has 0 spiro atoms. The molecule has 19 heavy (non-hydrogen) atoms. The molecule has 1 aromatic carbocycles. The van der Waals surface area contributed by atoms with E-state index in [1.165, 1.54) is 15.0 Å². The van der Waals surface area contributed by atoms with E-state index in [-0.39, 0.29) is 18.8 Å². The van der Waals surface area contributed by atoms with Gasteiger partial charge in [0.05, 0.1) is 12.7 Å². The summed E-state index contributed by atoms with van der Waals surface area (Å²) in [5.41, 5.74) is 0. The number of halogens is 1. The summed E-state index contributed by atoms with van der Waals surface area (Å²) in [6.07, 6.45) is 0.351. The zero-order valence-electron chi connectivity index (χ0n) is 10.4. The molecule has 0 radical (unpaired) electrons. The van der Waals surface area contributed by atoms with E-state index >= 15 is 0 Å². The fourth-order valence-electron chi connectivity index (χ4n) is 2.69. The molecule has 0 saturated carbocycles. The lowest BCUT2D eigenvalue weighted by molar-refractivity contribution is 0.151. The van der Waals surface area contributed by atoms with E-state index in [0.717, 1.165) is 11.0 Å². The molecule has 102 valence electrons. The summed E-state index contributed by atoms with van der Waals surface area (Å²) in [4.78, 5) is 3.42. The molecular weight excluding hydrogens is 326 g/mol. The van der Waals surface area contributed by atoms with Crippen LogP contribution in [0.5, 0.6) is 0 Å². The third kappa shape index (κ3) is 2.58. The van der Waals surface area contributed by atoms with Crippen LogP contribution in [0.15, 0.2) is 28.7 Å². The number of likely N-dealkylation sites (tertiary alicyclic amines) is 1. The van der Waals surface area contributed by atoms with Gasteiger partial charge in [0.15, 0.2) is 0 Å². The number of nitrogens with zero attached hydrogens (tertiary/aromatic N) is 1. The number of hydrogen-bond donors (Lipinski definition) is 2. The maximum Gasteiger partial charge on any atom is 0.0683 e. The molecule has 2 heterocycles. The van der Waals surface area contributed by atoms with Crippen molar-refractivity contribution in [1.29, 1.82) is 0 Å². The normalized spacial score (nSPS) is 24.4. The van der Waals surface area contributed by atoms with Crippen LogP contribution in [0, 0.1) is 0 Å². The third-order valence-electron chi connectivity index (χ3n) is 3.66. The molecule has 0 aliphatic carbocycles. The summed E-state index contributed by atoms with van der Waals surface area (Å²) in [7, 11) is 0. The van der Waals surface area contributed by atoms with Gasteiger partial charge in [-0.25, -0.2) is 0 Å². The van der Waals surface area contributed by atoms with Crippen LogP contribution >= 0.6 is 27.3 Å². The van der Waals surface area contributed by atoms with Crippen LogP contribution in [0.1, 0.15) is 11.3 Å². The Bertz CT molecular complexity index is 586. The molecule has 5 heteroatoms. The van der Waals surface area contributed by atoms with Crippen LogP contribution < -0.4 is 0 Å². The molecule has 0 amide bonds. The lowest BCUT2D eigenvalue weighted by Gasteiger charge is -2.21. The van der Waals surface area contributed by atoms with Crippen molar-refractivity contribution < 1.29 is 10.2 Å². The summed E-state index contributed by atoms with van der Waals surface area (Å²) >= 11 is 5.45. The highest BCUT2D eigenvalue weighted by Crippen LogP contribution is 2.37. The average molecular weight is 342 g/mol. The van der Waals surface area contributed by atoms with Crippen LogP contribution in [-0.4, -0.2) is 40.4 Å². The molecule has 2 aromatic rings. The summed E-state index contributed by atoms with van der Waals surface area (Å²) in [5, 5.41) is 20.3. The Morgan fingerprint density at radius 2 is 2.16 bits per heavy atom. The summed E-state index contributed by atoms with van der Waals surface area (Å²) in [6.45, 7) is 1.54. The van der Waals surface area contributed by atoms with Crippen molar-refractivity contribution in [3.05, 3.63) is 33.6 Å². The van der Waals surface area contributed by atoms with Crippen molar-refractivity contribution in [2.75, 3.05) is 13.2 Å². The van der Waals surface area contributed by atoms with Crippen molar-refractivity contribution in [3.8, 4) is 0 Å². The van der Waals surface area contributed by atoms with E-state index in [9.17, 15) is 10.2 Å². The number of fused-ring (bicyclic) bond motifs is 1. The van der Waals surface area contributed by atoms with E-state index in [2.05, 4.69) is 33.0 Å². The molecule has 1 saturated heterocycles. The van der Waals surface area contributed by atoms with Gasteiger partial charge in [0.1, 0.15) is 0 Å². The first kappa shape index (κ1) is 13.5. The van der Waals surface area contributed by atoms with Crippen LogP contribution in [0.3, 0.4) is 0 Å². The van der Waals surface area contributed by atoms with E-state index in [4.69, 9.17) is 0 Å². The Morgan fingerprint density at radius 3 is 2.89 bits per heavy atom. The van der Waals surface area contributed by atoms with Gasteiger partial charge in [-0.2, -0.15) is 0 Å². The zero-order chi connectivity index (χ0) is 13.4. The lowest BCUT2D eigenvalue weighted by Crippen LogP contribution is -2.31. The summed E-state index contributed by atoms with van der Waals surface area (Å²) in [6, 6.07) is 8.40. The smallest absolute Gasteiger partial charge is 0.0683 e.